The Kier molecular flexibility index (Phi) is 4.66. The summed E-state index contributed by atoms with van der Waals surface area (Å²) in [6.07, 6.45) is 1.95. The number of ether oxygens (including phenoxy) is 1. The van der Waals surface area contributed by atoms with E-state index in [0.717, 1.165) is 33.4 Å². The van der Waals surface area contributed by atoms with Gasteiger partial charge < -0.3 is 14.6 Å². The molecule has 3 aromatic rings. The second kappa shape index (κ2) is 6.73. The van der Waals surface area contributed by atoms with E-state index >= 15 is 0 Å². The summed E-state index contributed by atoms with van der Waals surface area (Å²) in [6, 6.07) is 5.87. The molecule has 24 heavy (non-hydrogen) atoms. The molecule has 0 bridgehead atoms. The summed E-state index contributed by atoms with van der Waals surface area (Å²) >= 11 is 1.66. The molecule has 0 amide bonds. The van der Waals surface area contributed by atoms with Crippen LogP contribution in [0.2, 0.25) is 0 Å². The lowest BCUT2D eigenvalue weighted by Crippen LogP contribution is -2.13. The van der Waals surface area contributed by atoms with E-state index < -0.39 is 0 Å². The summed E-state index contributed by atoms with van der Waals surface area (Å²) in [5.41, 5.74) is 6.69. The van der Waals surface area contributed by atoms with Crippen LogP contribution in [0.15, 0.2) is 29.6 Å². The highest BCUT2D eigenvalue weighted by molar-refractivity contribution is 7.98. The predicted octanol–water partition coefficient (Wildman–Crippen LogP) is 3.94. The van der Waals surface area contributed by atoms with Crippen molar-refractivity contribution in [1.29, 1.82) is 0 Å². The SMILES string of the molecule is COc1ccc2[nH]c(SCc3ncc(C)c(N(C)C)c3C)nc2c1. The number of H-pyrrole nitrogens is 1. The quantitative estimate of drug-likeness (QED) is 0.712. The molecule has 2 aromatic heterocycles. The summed E-state index contributed by atoms with van der Waals surface area (Å²) in [7, 11) is 5.80. The third-order valence-electron chi connectivity index (χ3n) is 4.04. The number of nitrogens with zero attached hydrogens (tertiary/aromatic N) is 3. The Morgan fingerprint density at radius 1 is 1.25 bits per heavy atom. The highest BCUT2D eigenvalue weighted by Gasteiger charge is 2.12. The molecule has 0 unspecified atom stereocenters. The number of aromatic amines is 1. The van der Waals surface area contributed by atoms with Gasteiger partial charge in [0.1, 0.15) is 5.75 Å². The maximum atomic E-state index is 5.25. The van der Waals surface area contributed by atoms with Crippen LogP contribution in [0, 0.1) is 13.8 Å². The molecule has 1 aromatic carbocycles. The Balaban J connectivity index is 1.82. The number of fused-ring (bicyclic) bond motifs is 1. The number of benzene rings is 1. The summed E-state index contributed by atoms with van der Waals surface area (Å²) in [5.74, 6) is 1.60. The fraction of sp³-hybridized carbons (Fsp3) is 0.333. The summed E-state index contributed by atoms with van der Waals surface area (Å²) in [4.78, 5) is 14.7. The van der Waals surface area contributed by atoms with E-state index in [9.17, 15) is 0 Å². The van der Waals surface area contributed by atoms with E-state index in [-0.39, 0.29) is 0 Å². The molecule has 5 nitrogen and oxygen atoms in total. The molecule has 0 atom stereocenters. The molecule has 0 aliphatic rings. The second-order valence-electron chi connectivity index (χ2n) is 5.97. The molecule has 1 N–H and O–H groups in total. The van der Waals surface area contributed by atoms with Crippen LogP contribution in [0.4, 0.5) is 5.69 Å². The molecular weight excluding hydrogens is 320 g/mol. The predicted molar refractivity (Wildman–Crippen MR) is 100 cm³/mol. The number of aromatic nitrogens is 3. The fourth-order valence-electron chi connectivity index (χ4n) is 2.89. The van der Waals surface area contributed by atoms with Crippen molar-refractivity contribution in [3.63, 3.8) is 0 Å². The minimum atomic E-state index is 0.782. The van der Waals surface area contributed by atoms with Gasteiger partial charge in [-0.05, 0) is 37.1 Å². The van der Waals surface area contributed by atoms with Crippen molar-refractivity contribution < 1.29 is 4.74 Å². The lowest BCUT2D eigenvalue weighted by molar-refractivity contribution is 0.415. The minimum Gasteiger partial charge on any atom is -0.497 e. The van der Waals surface area contributed by atoms with Gasteiger partial charge in [0, 0.05) is 37.8 Å². The Morgan fingerprint density at radius 2 is 2.04 bits per heavy atom. The van der Waals surface area contributed by atoms with Gasteiger partial charge in [-0.3, -0.25) is 4.98 Å². The number of aryl methyl sites for hydroxylation is 1. The Hall–Kier alpha value is -2.21. The monoisotopic (exact) mass is 342 g/mol. The molecule has 0 radical (unpaired) electrons. The number of rotatable bonds is 5. The van der Waals surface area contributed by atoms with Gasteiger partial charge >= 0.3 is 0 Å². The van der Waals surface area contributed by atoms with Crippen molar-refractivity contribution in [2.75, 3.05) is 26.1 Å². The van der Waals surface area contributed by atoms with Crippen LogP contribution >= 0.6 is 11.8 Å². The van der Waals surface area contributed by atoms with Gasteiger partial charge in [-0.15, -0.1) is 0 Å². The Bertz CT molecular complexity index is 873. The van der Waals surface area contributed by atoms with Gasteiger partial charge in [-0.2, -0.15) is 0 Å². The maximum absolute atomic E-state index is 5.25. The van der Waals surface area contributed by atoms with Crippen LogP contribution in [0.25, 0.3) is 11.0 Å². The summed E-state index contributed by atoms with van der Waals surface area (Å²) in [5, 5.41) is 0.895. The molecule has 0 fully saturated rings. The number of nitrogens with one attached hydrogen (secondary N) is 1. The van der Waals surface area contributed by atoms with Crippen molar-refractivity contribution in [3.8, 4) is 5.75 Å². The zero-order valence-electron chi connectivity index (χ0n) is 14.7. The maximum Gasteiger partial charge on any atom is 0.166 e. The first-order chi connectivity index (χ1) is 11.5. The molecule has 126 valence electrons. The normalized spacial score (nSPS) is 11.0. The lowest BCUT2D eigenvalue weighted by Gasteiger charge is -2.20. The number of methoxy groups -OCH3 is 1. The summed E-state index contributed by atoms with van der Waals surface area (Å²) in [6.45, 7) is 4.23. The molecule has 2 heterocycles. The zero-order valence-corrected chi connectivity index (χ0v) is 15.5. The van der Waals surface area contributed by atoms with Gasteiger partial charge in [0.2, 0.25) is 0 Å². The first kappa shape index (κ1) is 16.6. The van der Waals surface area contributed by atoms with Gasteiger partial charge in [0.15, 0.2) is 5.16 Å². The Labute approximate surface area is 146 Å². The third kappa shape index (κ3) is 3.19. The van der Waals surface area contributed by atoms with Crippen molar-refractivity contribution in [3.05, 3.63) is 41.2 Å². The Morgan fingerprint density at radius 3 is 2.75 bits per heavy atom. The molecular formula is C18H22N4OS. The number of hydrogen-bond donors (Lipinski definition) is 1. The van der Waals surface area contributed by atoms with Crippen LogP contribution in [-0.4, -0.2) is 36.2 Å². The zero-order chi connectivity index (χ0) is 17.3. The van der Waals surface area contributed by atoms with Crippen LogP contribution in [-0.2, 0) is 5.75 Å². The lowest BCUT2D eigenvalue weighted by atomic mass is 10.1. The first-order valence-electron chi connectivity index (χ1n) is 7.78. The number of thioether (sulfide) groups is 1. The molecule has 0 spiro atoms. The van der Waals surface area contributed by atoms with E-state index in [1.54, 1.807) is 18.9 Å². The largest absolute Gasteiger partial charge is 0.497 e. The average molecular weight is 342 g/mol. The molecule has 0 aliphatic carbocycles. The average Bonchev–Trinajstić information content (AvgIpc) is 2.95. The highest BCUT2D eigenvalue weighted by atomic mass is 32.2. The number of hydrogen-bond acceptors (Lipinski definition) is 5. The molecule has 6 heteroatoms. The number of anilines is 1. The topological polar surface area (TPSA) is 54.0 Å². The van der Waals surface area contributed by atoms with E-state index in [1.165, 1.54) is 16.8 Å². The molecule has 0 saturated carbocycles. The van der Waals surface area contributed by atoms with Gasteiger partial charge in [-0.25, -0.2) is 4.98 Å². The van der Waals surface area contributed by atoms with Crippen molar-refractivity contribution in [2.45, 2.75) is 24.8 Å². The van der Waals surface area contributed by atoms with E-state index in [0.29, 0.717) is 0 Å². The molecule has 3 rings (SSSR count). The van der Waals surface area contributed by atoms with Crippen LogP contribution in [0.3, 0.4) is 0 Å². The molecule has 0 saturated heterocycles. The van der Waals surface area contributed by atoms with Gasteiger partial charge in [-0.1, -0.05) is 11.8 Å². The standard InChI is InChI=1S/C18H22N4OS/c1-11-9-19-16(12(2)17(11)22(3)4)10-24-18-20-14-7-6-13(23-5)8-15(14)21-18/h6-9H,10H2,1-5H3,(H,20,21). The van der Waals surface area contributed by atoms with Crippen molar-refractivity contribution >= 4 is 28.5 Å². The van der Waals surface area contributed by atoms with Gasteiger partial charge in [0.05, 0.1) is 23.8 Å². The second-order valence-corrected chi connectivity index (χ2v) is 6.93. The van der Waals surface area contributed by atoms with Crippen LogP contribution in [0.1, 0.15) is 16.8 Å². The minimum absolute atomic E-state index is 0.782. The van der Waals surface area contributed by atoms with E-state index in [1.807, 2.05) is 24.4 Å². The number of pyridine rings is 1. The smallest absolute Gasteiger partial charge is 0.166 e. The van der Waals surface area contributed by atoms with E-state index in [2.05, 4.69) is 47.8 Å². The summed E-state index contributed by atoms with van der Waals surface area (Å²) < 4.78 is 5.25. The fourth-order valence-corrected chi connectivity index (χ4v) is 3.80. The van der Waals surface area contributed by atoms with Crippen molar-refractivity contribution in [1.82, 2.24) is 15.0 Å². The highest BCUT2D eigenvalue weighted by Crippen LogP contribution is 2.29. The van der Waals surface area contributed by atoms with E-state index in [4.69, 9.17) is 4.74 Å². The van der Waals surface area contributed by atoms with Gasteiger partial charge in [0.25, 0.3) is 0 Å². The van der Waals surface area contributed by atoms with Crippen LogP contribution in [0.5, 0.6) is 5.75 Å². The first-order valence-corrected chi connectivity index (χ1v) is 8.77. The van der Waals surface area contributed by atoms with Crippen molar-refractivity contribution in [2.24, 2.45) is 0 Å². The third-order valence-corrected chi connectivity index (χ3v) is 4.92. The van der Waals surface area contributed by atoms with Crippen LogP contribution < -0.4 is 9.64 Å². The number of imidazole rings is 1. The molecule has 0 aliphatic heterocycles.